The van der Waals surface area contributed by atoms with Crippen LogP contribution in [0.4, 0.5) is 0 Å². The number of carbonyl (C=O) groups excluding carboxylic acids is 1. The summed E-state index contributed by atoms with van der Waals surface area (Å²) in [5.41, 5.74) is 2.19. The molecule has 0 aromatic carbocycles. The monoisotopic (exact) mass is 292 g/mol. The first-order valence-corrected chi connectivity index (χ1v) is 7.77. The predicted octanol–water partition coefficient (Wildman–Crippen LogP) is 0.479. The van der Waals surface area contributed by atoms with Gasteiger partial charge in [0.15, 0.2) is 0 Å². The Hall–Kier alpha value is -1.40. The zero-order valence-electron chi connectivity index (χ0n) is 12.8. The summed E-state index contributed by atoms with van der Waals surface area (Å²) in [6.45, 7) is 8.01. The van der Waals surface area contributed by atoms with E-state index in [4.69, 9.17) is 4.74 Å². The van der Waals surface area contributed by atoms with Crippen molar-refractivity contribution in [3.8, 4) is 0 Å². The summed E-state index contributed by atoms with van der Waals surface area (Å²) in [7, 11) is 0. The Bertz CT molecular complexity index is 500. The highest BCUT2D eigenvalue weighted by Gasteiger charge is 2.37. The van der Waals surface area contributed by atoms with Crippen LogP contribution in [0.2, 0.25) is 0 Å². The summed E-state index contributed by atoms with van der Waals surface area (Å²) < 4.78 is 7.69. The maximum absolute atomic E-state index is 12.3. The lowest BCUT2D eigenvalue weighted by molar-refractivity contribution is -0.130. The molecule has 0 aliphatic carbocycles. The lowest BCUT2D eigenvalue weighted by Gasteiger charge is -2.25. The Balaban J connectivity index is 1.45. The topological polar surface area (TPSA) is 59.4 Å². The number of morpholine rings is 1. The first-order chi connectivity index (χ1) is 10.1. The number of fused-ring (bicyclic) bond motifs is 1. The van der Waals surface area contributed by atoms with Gasteiger partial charge in [-0.25, -0.2) is 0 Å². The molecule has 2 atom stereocenters. The van der Waals surface area contributed by atoms with Crippen LogP contribution in [0.25, 0.3) is 0 Å². The van der Waals surface area contributed by atoms with Crippen LogP contribution in [0.15, 0.2) is 6.07 Å². The standard InChI is InChI=1S/C15H24N4O2/c1-11-8-12(2)19(17-11)6-3-4-15(20)18-9-13-14(10-18)21-7-5-16-13/h8,13-14,16H,3-7,9-10H2,1-2H3/t13-,14-/m0/s1. The number of aromatic nitrogens is 2. The SMILES string of the molecule is Cc1cc(C)n(CCCC(=O)N2C[C@@H]3NCCO[C@H]3C2)n1. The van der Waals surface area contributed by atoms with Gasteiger partial charge in [-0.2, -0.15) is 5.10 Å². The van der Waals surface area contributed by atoms with Crippen LogP contribution in [0.1, 0.15) is 24.2 Å². The number of nitrogens with zero attached hydrogens (tertiary/aromatic N) is 3. The van der Waals surface area contributed by atoms with E-state index in [2.05, 4.69) is 23.4 Å². The Labute approximate surface area is 125 Å². The summed E-state index contributed by atoms with van der Waals surface area (Å²) in [5, 5.41) is 7.85. The van der Waals surface area contributed by atoms with Crippen molar-refractivity contribution in [2.24, 2.45) is 0 Å². The maximum Gasteiger partial charge on any atom is 0.222 e. The Morgan fingerprint density at radius 1 is 1.48 bits per heavy atom. The summed E-state index contributed by atoms with van der Waals surface area (Å²) in [6, 6.07) is 2.38. The molecule has 0 saturated carbocycles. The van der Waals surface area contributed by atoms with Crippen LogP contribution in [0.5, 0.6) is 0 Å². The van der Waals surface area contributed by atoms with E-state index < -0.39 is 0 Å². The molecular formula is C15H24N4O2. The highest BCUT2D eigenvalue weighted by Crippen LogP contribution is 2.17. The first-order valence-electron chi connectivity index (χ1n) is 7.77. The quantitative estimate of drug-likeness (QED) is 0.877. The second-order valence-corrected chi connectivity index (χ2v) is 6.02. The van der Waals surface area contributed by atoms with E-state index in [0.717, 1.165) is 50.6 Å². The molecule has 1 N–H and O–H groups in total. The van der Waals surface area contributed by atoms with Crippen molar-refractivity contribution in [3.63, 3.8) is 0 Å². The Morgan fingerprint density at radius 3 is 3.05 bits per heavy atom. The summed E-state index contributed by atoms with van der Waals surface area (Å²) in [5.74, 6) is 0.233. The molecule has 6 nitrogen and oxygen atoms in total. The second kappa shape index (κ2) is 6.15. The summed E-state index contributed by atoms with van der Waals surface area (Å²) in [6.07, 6.45) is 1.59. The number of carbonyl (C=O) groups is 1. The molecular weight excluding hydrogens is 268 g/mol. The van der Waals surface area contributed by atoms with Crippen molar-refractivity contribution in [2.45, 2.75) is 45.4 Å². The molecule has 0 unspecified atom stereocenters. The van der Waals surface area contributed by atoms with E-state index in [9.17, 15) is 4.79 Å². The number of rotatable bonds is 4. The fourth-order valence-corrected chi connectivity index (χ4v) is 3.24. The van der Waals surface area contributed by atoms with Gasteiger partial charge in [0.05, 0.1) is 24.4 Å². The molecule has 0 radical (unpaired) electrons. The molecule has 0 spiro atoms. The molecule has 116 valence electrons. The fraction of sp³-hybridized carbons (Fsp3) is 0.733. The number of hydrogen-bond donors (Lipinski definition) is 1. The molecule has 3 rings (SSSR count). The average molecular weight is 292 g/mol. The van der Waals surface area contributed by atoms with Crippen LogP contribution in [-0.4, -0.2) is 59.0 Å². The zero-order chi connectivity index (χ0) is 14.8. The molecule has 3 heterocycles. The normalized spacial score (nSPS) is 25.1. The van der Waals surface area contributed by atoms with Gasteiger partial charge in [-0.1, -0.05) is 0 Å². The van der Waals surface area contributed by atoms with E-state index >= 15 is 0 Å². The van der Waals surface area contributed by atoms with E-state index in [-0.39, 0.29) is 12.0 Å². The number of aryl methyl sites for hydroxylation is 3. The lowest BCUT2D eigenvalue weighted by atomic mass is 10.2. The molecule has 1 aromatic heterocycles. The van der Waals surface area contributed by atoms with Crippen LogP contribution in [0, 0.1) is 13.8 Å². The van der Waals surface area contributed by atoms with Gasteiger partial charge in [-0.15, -0.1) is 0 Å². The highest BCUT2D eigenvalue weighted by molar-refractivity contribution is 5.76. The van der Waals surface area contributed by atoms with Gasteiger partial charge in [0.25, 0.3) is 0 Å². The largest absolute Gasteiger partial charge is 0.373 e. The average Bonchev–Trinajstić information content (AvgIpc) is 3.02. The van der Waals surface area contributed by atoms with Crippen molar-refractivity contribution in [3.05, 3.63) is 17.5 Å². The minimum absolute atomic E-state index is 0.179. The fourth-order valence-electron chi connectivity index (χ4n) is 3.24. The number of nitrogens with one attached hydrogen (secondary N) is 1. The Kier molecular flexibility index (Phi) is 4.26. The third-order valence-corrected chi connectivity index (χ3v) is 4.32. The third-order valence-electron chi connectivity index (χ3n) is 4.32. The summed E-state index contributed by atoms with van der Waals surface area (Å²) >= 11 is 0. The maximum atomic E-state index is 12.3. The minimum Gasteiger partial charge on any atom is -0.373 e. The number of amides is 1. The van der Waals surface area contributed by atoms with Crippen LogP contribution in [-0.2, 0) is 16.1 Å². The van der Waals surface area contributed by atoms with Crippen LogP contribution in [0.3, 0.4) is 0 Å². The van der Waals surface area contributed by atoms with E-state index in [1.165, 1.54) is 0 Å². The van der Waals surface area contributed by atoms with Gasteiger partial charge in [-0.3, -0.25) is 9.48 Å². The van der Waals surface area contributed by atoms with Gasteiger partial charge in [0.1, 0.15) is 0 Å². The van der Waals surface area contributed by atoms with Gasteiger partial charge in [0.2, 0.25) is 5.91 Å². The van der Waals surface area contributed by atoms with Crippen molar-refractivity contribution < 1.29 is 9.53 Å². The number of hydrogen-bond acceptors (Lipinski definition) is 4. The van der Waals surface area contributed by atoms with Crippen LogP contribution >= 0.6 is 0 Å². The molecule has 0 bridgehead atoms. The van der Waals surface area contributed by atoms with Crippen molar-refractivity contribution in [1.82, 2.24) is 20.0 Å². The smallest absolute Gasteiger partial charge is 0.222 e. The molecule has 21 heavy (non-hydrogen) atoms. The molecule has 6 heteroatoms. The van der Waals surface area contributed by atoms with Gasteiger partial charge < -0.3 is 15.0 Å². The summed E-state index contributed by atoms with van der Waals surface area (Å²) in [4.78, 5) is 14.2. The first kappa shape index (κ1) is 14.5. The highest BCUT2D eigenvalue weighted by atomic mass is 16.5. The predicted molar refractivity (Wildman–Crippen MR) is 79.0 cm³/mol. The van der Waals surface area contributed by atoms with Gasteiger partial charge >= 0.3 is 0 Å². The van der Waals surface area contributed by atoms with Gasteiger partial charge in [-0.05, 0) is 26.3 Å². The molecule has 2 fully saturated rings. The van der Waals surface area contributed by atoms with Crippen LogP contribution < -0.4 is 5.32 Å². The second-order valence-electron chi connectivity index (χ2n) is 6.02. The molecule has 2 aliphatic heterocycles. The molecule has 2 saturated heterocycles. The molecule has 2 aliphatic rings. The number of ether oxygens (including phenoxy) is 1. The zero-order valence-corrected chi connectivity index (χ0v) is 12.8. The van der Waals surface area contributed by atoms with Crippen molar-refractivity contribution >= 4 is 5.91 Å². The van der Waals surface area contributed by atoms with E-state index in [1.807, 2.05) is 16.5 Å². The van der Waals surface area contributed by atoms with E-state index in [0.29, 0.717) is 12.5 Å². The minimum atomic E-state index is 0.179. The van der Waals surface area contributed by atoms with Crippen molar-refractivity contribution in [2.75, 3.05) is 26.2 Å². The molecule has 1 aromatic rings. The lowest BCUT2D eigenvalue weighted by Crippen LogP contribution is -2.47. The van der Waals surface area contributed by atoms with Gasteiger partial charge in [0, 0.05) is 38.3 Å². The number of likely N-dealkylation sites (tertiary alicyclic amines) is 1. The Morgan fingerprint density at radius 2 is 2.33 bits per heavy atom. The van der Waals surface area contributed by atoms with Crippen molar-refractivity contribution in [1.29, 1.82) is 0 Å². The van der Waals surface area contributed by atoms with E-state index in [1.54, 1.807) is 0 Å². The molecule has 1 amide bonds. The third kappa shape index (κ3) is 3.27.